The summed E-state index contributed by atoms with van der Waals surface area (Å²) in [5.41, 5.74) is 0. The van der Waals surface area contributed by atoms with Crippen LogP contribution >= 0.6 is 11.5 Å². The summed E-state index contributed by atoms with van der Waals surface area (Å²) in [5, 5.41) is 0.953. The minimum absolute atomic E-state index is 0.134. The summed E-state index contributed by atoms with van der Waals surface area (Å²) in [6, 6.07) is 0. The van der Waals surface area contributed by atoms with Crippen molar-refractivity contribution in [1.29, 1.82) is 0 Å². The van der Waals surface area contributed by atoms with Crippen LogP contribution in [-0.2, 0) is 16.0 Å². The molecular formula is C17H26N4O2S. The fourth-order valence-corrected chi connectivity index (χ4v) is 5.22. The van der Waals surface area contributed by atoms with Crippen LogP contribution in [0.2, 0.25) is 0 Å². The van der Waals surface area contributed by atoms with Gasteiger partial charge in [-0.05, 0) is 31.1 Å². The van der Waals surface area contributed by atoms with Crippen molar-refractivity contribution in [2.75, 3.05) is 44.8 Å². The molecule has 3 heterocycles. The zero-order valence-corrected chi connectivity index (χ0v) is 15.1. The lowest BCUT2D eigenvalue weighted by Crippen LogP contribution is -2.36. The fraction of sp³-hybridized carbons (Fsp3) is 0.824. The first-order chi connectivity index (χ1) is 11.7. The second kappa shape index (κ2) is 6.96. The van der Waals surface area contributed by atoms with E-state index in [1.54, 1.807) is 7.11 Å². The van der Waals surface area contributed by atoms with E-state index >= 15 is 0 Å². The molecule has 3 atom stereocenters. The Morgan fingerprint density at radius 3 is 2.79 bits per heavy atom. The number of methoxy groups -OCH3 is 1. The predicted octanol–water partition coefficient (Wildman–Crippen LogP) is 1.81. The van der Waals surface area contributed by atoms with Gasteiger partial charge in [0.1, 0.15) is 5.82 Å². The minimum Gasteiger partial charge on any atom is -0.384 e. The summed E-state index contributed by atoms with van der Waals surface area (Å²) < 4.78 is 9.48. The Morgan fingerprint density at radius 1 is 1.25 bits per heavy atom. The molecule has 0 spiro atoms. The van der Waals surface area contributed by atoms with E-state index in [-0.39, 0.29) is 5.92 Å². The van der Waals surface area contributed by atoms with E-state index < -0.39 is 0 Å². The number of hydrogen-bond acceptors (Lipinski definition) is 6. The number of hydrogen-bond donors (Lipinski definition) is 0. The van der Waals surface area contributed by atoms with Gasteiger partial charge >= 0.3 is 0 Å². The van der Waals surface area contributed by atoms with E-state index in [0.29, 0.717) is 12.5 Å². The summed E-state index contributed by atoms with van der Waals surface area (Å²) in [7, 11) is 1.69. The normalized spacial score (nSPS) is 29.5. The number of rotatable bonds is 5. The van der Waals surface area contributed by atoms with E-state index in [4.69, 9.17) is 4.74 Å². The molecule has 24 heavy (non-hydrogen) atoms. The van der Waals surface area contributed by atoms with E-state index in [9.17, 15) is 4.79 Å². The van der Waals surface area contributed by atoms with Crippen molar-refractivity contribution >= 4 is 22.6 Å². The van der Waals surface area contributed by atoms with Gasteiger partial charge in [0.15, 0.2) is 0 Å². The summed E-state index contributed by atoms with van der Waals surface area (Å²) in [4.78, 5) is 21.8. The highest BCUT2D eigenvalue weighted by Crippen LogP contribution is 2.38. The number of anilines is 1. The summed E-state index contributed by atoms with van der Waals surface area (Å²) in [6.45, 7) is 4.36. The molecule has 1 aromatic heterocycles. The van der Waals surface area contributed by atoms with Gasteiger partial charge in [-0.3, -0.25) is 4.79 Å². The van der Waals surface area contributed by atoms with Crippen molar-refractivity contribution in [2.45, 2.75) is 32.1 Å². The zero-order valence-electron chi connectivity index (χ0n) is 14.3. The molecule has 3 aliphatic rings. The Bertz CT molecular complexity index is 581. The van der Waals surface area contributed by atoms with Crippen LogP contribution < -0.4 is 4.90 Å². The van der Waals surface area contributed by atoms with Crippen LogP contribution in [-0.4, -0.2) is 60.1 Å². The maximum Gasteiger partial charge on any atom is 0.227 e. The number of amides is 1. The van der Waals surface area contributed by atoms with Gasteiger partial charge in [-0.25, -0.2) is 4.98 Å². The fourth-order valence-electron chi connectivity index (χ4n) is 4.48. The van der Waals surface area contributed by atoms with Gasteiger partial charge in [-0.1, -0.05) is 6.42 Å². The molecule has 0 bridgehead atoms. The molecule has 0 N–H and O–H groups in total. The third kappa shape index (κ3) is 3.16. The van der Waals surface area contributed by atoms with Crippen LogP contribution in [0.15, 0.2) is 0 Å². The van der Waals surface area contributed by atoms with Crippen molar-refractivity contribution in [3.05, 3.63) is 5.82 Å². The monoisotopic (exact) mass is 350 g/mol. The SMILES string of the molecule is COCCc1nsc(N2CCC(C(=O)N3CC4CCCC4C3)C2)n1. The Morgan fingerprint density at radius 2 is 2.04 bits per heavy atom. The lowest BCUT2D eigenvalue weighted by Gasteiger charge is -2.21. The van der Waals surface area contributed by atoms with Crippen molar-refractivity contribution in [3.63, 3.8) is 0 Å². The molecule has 3 fully saturated rings. The molecule has 3 unspecified atom stereocenters. The standard InChI is InChI=1S/C17H26N4O2S/c1-23-8-6-15-18-17(24-19-15)20-7-5-14(11-20)16(22)21-9-12-3-2-4-13(12)10-21/h12-14H,2-11H2,1H3. The second-order valence-electron chi connectivity index (χ2n) is 7.36. The number of ether oxygens (including phenoxy) is 1. The molecule has 2 saturated heterocycles. The maximum atomic E-state index is 12.9. The highest BCUT2D eigenvalue weighted by molar-refractivity contribution is 7.09. The first kappa shape index (κ1) is 16.3. The van der Waals surface area contributed by atoms with Gasteiger partial charge in [0.05, 0.1) is 12.5 Å². The van der Waals surface area contributed by atoms with E-state index in [1.807, 2.05) is 0 Å². The smallest absolute Gasteiger partial charge is 0.227 e. The van der Waals surface area contributed by atoms with Crippen LogP contribution in [0.1, 0.15) is 31.5 Å². The number of carbonyl (C=O) groups is 1. The van der Waals surface area contributed by atoms with Crippen LogP contribution in [0, 0.1) is 17.8 Å². The summed E-state index contributed by atoms with van der Waals surface area (Å²) in [6.07, 6.45) is 5.69. The molecule has 2 aliphatic heterocycles. The Hall–Kier alpha value is -1.21. The number of nitrogens with zero attached hydrogens (tertiary/aromatic N) is 4. The maximum absolute atomic E-state index is 12.9. The van der Waals surface area contributed by atoms with Crippen LogP contribution in [0.25, 0.3) is 0 Å². The van der Waals surface area contributed by atoms with Gasteiger partial charge in [0, 0.05) is 51.2 Å². The molecule has 0 radical (unpaired) electrons. The summed E-state index contributed by atoms with van der Waals surface area (Å²) in [5.74, 6) is 2.90. The van der Waals surface area contributed by atoms with Crippen molar-refractivity contribution in [2.24, 2.45) is 17.8 Å². The molecule has 0 aromatic carbocycles. The van der Waals surface area contributed by atoms with Crippen molar-refractivity contribution < 1.29 is 9.53 Å². The van der Waals surface area contributed by atoms with Crippen molar-refractivity contribution in [3.8, 4) is 0 Å². The molecular weight excluding hydrogens is 324 g/mol. The van der Waals surface area contributed by atoms with Crippen LogP contribution in [0.3, 0.4) is 0 Å². The van der Waals surface area contributed by atoms with Gasteiger partial charge in [-0.2, -0.15) is 4.37 Å². The second-order valence-corrected chi connectivity index (χ2v) is 8.09. The largest absolute Gasteiger partial charge is 0.384 e. The molecule has 1 amide bonds. The third-order valence-electron chi connectivity index (χ3n) is 5.83. The molecule has 1 saturated carbocycles. The first-order valence-corrected chi connectivity index (χ1v) is 9.87. The lowest BCUT2D eigenvalue weighted by atomic mass is 10.0. The van der Waals surface area contributed by atoms with E-state index in [0.717, 1.165) is 61.8 Å². The molecule has 7 heteroatoms. The number of carbonyl (C=O) groups excluding carboxylic acids is 1. The average molecular weight is 350 g/mol. The van der Waals surface area contributed by atoms with Gasteiger partial charge in [0.25, 0.3) is 0 Å². The molecule has 132 valence electrons. The average Bonchev–Trinajstić information content (AvgIpc) is 3.34. The molecule has 1 aromatic rings. The van der Waals surface area contributed by atoms with E-state index in [1.165, 1.54) is 30.8 Å². The Labute approximate surface area is 147 Å². The number of fused-ring (bicyclic) bond motifs is 1. The topological polar surface area (TPSA) is 58.6 Å². The van der Waals surface area contributed by atoms with Crippen molar-refractivity contribution in [1.82, 2.24) is 14.3 Å². The van der Waals surface area contributed by atoms with Gasteiger partial charge in [-0.15, -0.1) is 0 Å². The predicted molar refractivity (Wildman–Crippen MR) is 93.2 cm³/mol. The highest BCUT2D eigenvalue weighted by atomic mass is 32.1. The quantitative estimate of drug-likeness (QED) is 0.811. The third-order valence-corrected chi connectivity index (χ3v) is 6.65. The zero-order chi connectivity index (χ0) is 16.5. The van der Waals surface area contributed by atoms with Crippen LogP contribution in [0.5, 0.6) is 0 Å². The Balaban J connectivity index is 1.33. The Kier molecular flexibility index (Phi) is 4.72. The van der Waals surface area contributed by atoms with Gasteiger partial charge < -0.3 is 14.5 Å². The number of aromatic nitrogens is 2. The summed E-state index contributed by atoms with van der Waals surface area (Å²) >= 11 is 1.44. The van der Waals surface area contributed by atoms with E-state index in [2.05, 4.69) is 19.2 Å². The molecule has 4 rings (SSSR count). The van der Waals surface area contributed by atoms with Gasteiger partial charge in [0.2, 0.25) is 11.0 Å². The van der Waals surface area contributed by atoms with Crippen LogP contribution in [0.4, 0.5) is 5.13 Å². The molecule has 6 nitrogen and oxygen atoms in total. The lowest BCUT2D eigenvalue weighted by molar-refractivity contribution is -0.134. The minimum atomic E-state index is 0.134. The molecule has 1 aliphatic carbocycles. The number of likely N-dealkylation sites (tertiary alicyclic amines) is 1. The highest BCUT2D eigenvalue weighted by Gasteiger charge is 2.41. The first-order valence-electron chi connectivity index (χ1n) is 9.10.